The number of ether oxygens (including phenoxy) is 1. The monoisotopic (exact) mass is 325 g/mol. The van der Waals surface area contributed by atoms with Crippen LogP contribution in [0.4, 0.5) is 0 Å². The highest BCUT2D eigenvalue weighted by atomic mass is 16.5. The standard InChI is InChI=1S/C19H23N3O2/c1-3-16-13-22(14-20-16)18(19(23)21-11-5-6-12-21)15-7-9-17(10-8-15)24-4-2/h3,7-10,13-14,18H,1,4-6,11-12H2,2H3. The van der Waals surface area contributed by atoms with E-state index in [9.17, 15) is 4.79 Å². The Bertz CT molecular complexity index is 700. The summed E-state index contributed by atoms with van der Waals surface area (Å²) in [5.41, 5.74) is 1.70. The molecule has 1 aromatic heterocycles. The van der Waals surface area contributed by atoms with Gasteiger partial charge in [0.1, 0.15) is 11.8 Å². The largest absolute Gasteiger partial charge is 0.494 e. The Balaban J connectivity index is 1.94. The highest BCUT2D eigenvalue weighted by molar-refractivity contribution is 5.84. The van der Waals surface area contributed by atoms with Crippen molar-refractivity contribution in [3.8, 4) is 5.75 Å². The second-order valence-corrected chi connectivity index (χ2v) is 5.89. The zero-order valence-corrected chi connectivity index (χ0v) is 14.0. The van der Waals surface area contributed by atoms with Gasteiger partial charge in [0.15, 0.2) is 0 Å². The van der Waals surface area contributed by atoms with Crippen LogP contribution in [0.2, 0.25) is 0 Å². The van der Waals surface area contributed by atoms with Gasteiger partial charge in [-0.25, -0.2) is 4.98 Å². The Hall–Kier alpha value is -2.56. The second kappa shape index (κ2) is 7.34. The van der Waals surface area contributed by atoms with Crippen molar-refractivity contribution in [1.29, 1.82) is 0 Å². The SMILES string of the molecule is C=Cc1cn(C(C(=O)N2CCCC2)c2ccc(OCC)cc2)cn1. The van der Waals surface area contributed by atoms with E-state index in [0.29, 0.717) is 6.61 Å². The average Bonchev–Trinajstić information content (AvgIpc) is 3.28. The van der Waals surface area contributed by atoms with Crippen LogP contribution in [-0.2, 0) is 4.79 Å². The normalized spacial score (nSPS) is 15.3. The smallest absolute Gasteiger partial charge is 0.250 e. The molecule has 3 rings (SSSR count). The van der Waals surface area contributed by atoms with E-state index < -0.39 is 6.04 Å². The molecule has 0 bridgehead atoms. The first-order valence-corrected chi connectivity index (χ1v) is 8.40. The molecule has 2 heterocycles. The topological polar surface area (TPSA) is 47.4 Å². The second-order valence-electron chi connectivity index (χ2n) is 5.89. The molecule has 1 unspecified atom stereocenters. The highest BCUT2D eigenvalue weighted by Gasteiger charge is 2.29. The summed E-state index contributed by atoms with van der Waals surface area (Å²) in [4.78, 5) is 19.3. The van der Waals surface area contributed by atoms with E-state index in [4.69, 9.17) is 4.74 Å². The van der Waals surface area contributed by atoms with Gasteiger partial charge in [-0.1, -0.05) is 18.7 Å². The first-order valence-electron chi connectivity index (χ1n) is 8.40. The van der Waals surface area contributed by atoms with Crippen molar-refractivity contribution in [2.24, 2.45) is 0 Å². The average molecular weight is 325 g/mol. The Morgan fingerprint density at radius 1 is 1.33 bits per heavy atom. The van der Waals surface area contributed by atoms with Crippen LogP contribution in [0.25, 0.3) is 6.08 Å². The molecular formula is C19H23N3O2. The van der Waals surface area contributed by atoms with Crippen LogP contribution >= 0.6 is 0 Å². The summed E-state index contributed by atoms with van der Waals surface area (Å²) in [5, 5.41) is 0. The van der Waals surface area contributed by atoms with Crippen molar-refractivity contribution in [1.82, 2.24) is 14.5 Å². The van der Waals surface area contributed by atoms with E-state index in [1.165, 1.54) is 0 Å². The molecule has 5 nitrogen and oxygen atoms in total. The van der Waals surface area contributed by atoms with Gasteiger partial charge >= 0.3 is 0 Å². The van der Waals surface area contributed by atoms with Crippen LogP contribution in [0.5, 0.6) is 5.75 Å². The number of amides is 1. The lowest BCUT2D eigenvalue weighted by molar-refractivity contribution is -0.132. The summed E-state index contributed by atoms with van der Waals surface area (Å²) in [6.07, 6.45) is 7.40. The number of hydrogen-bond donors (Lipinski definition) is 0. The number of aromatic nitrogens is 2. The van der Waals surface area contributed by atoms with Crippen molar-refractivity contribution in [2.45, 2.75) is 25.8 Å². The molecule has 1 atom stereocenters. The third kappa shape index (κ3) is 3.35. The molecule has 5 heteroatoms. The molecule has 1 fully saturated rings. The minimum atomic E-state index is -0.403. The van der Waals surface area contributed by atoms with Gasteiger partial charge in [0, 0.05) is 19.3 Å². The minimum Gasteiger partial charge on any atom is -0.494 e. The molecule has 0 spiro atoms. The molecule has 0 radical (unpaired) electrons. The first kappa shape index (κ1) is 16.3. The predicted molar refractivity (Wildman–Crippen MR) is 93.9 cm³/mol. The first-order chi connectivity index (χ1) is 11.7. The molecule has 126 valence electrons. The van der Waals surface area contributed by atoms with E-state index >= 15 is 0 Å². The van der Waals surface area contributed by atoms with Crippen LogP contribution in [-0.4, -0.2) is 40.1 Å². The summed E-state index contributed by atoms with van der Waals surface area (Å²) >= 11 is 0. The maximum atomic E-state index is 13.1. The molecule has 24 heavy (non-hydrogen) atoms. The van der Waals surface area contributed by atoms with E-state index in [0.717, 1.165) is 42.9 Å². The Labute approximate surface area is 142 Å². The molecule has 1 aromatic carbocycles. The zero-order valence-electron chi connectivity index (χ0n) is 14.0. The summed E-state index contributed by atoms with van der Waals surface area (Å²) in [7, 11) is 0. The maximum Gasteiger partial charge on any atom is 0.250 e. The summed E-state index contributed by atoms with van der Waals surface area (Å²) in [5.74, 6) is 0.927. The summed E-state index contributed by atoms with van der Waals surface area (Å²) in [6, 6.07) is 7.33. The zero-order chi connectivity index (χ0) is 16.9. The number of carbonyl (C=O) groups is 1. The highest BCUT2D eigenvalue weighted by Crippen LogP contribution is 2.25. The van der Waals surface area contributed by atoms with E-state index in [-0.39, 0.29) is 5.91 Å². The minimum absolute atomic E-state index is 0.115. The molecule has 2 aromatic rings. The lowest BCUT2D eigenvalue weighted by Gasteiger charge is -2.24. The van der Waals surface area contributed by atoms with Crippen molar-refractivity contribution < 1.29 is 9.53 Å². The van der Waals surface area contributed by atoms with Gasteiger partial charge in [0.05, 0.1) is 18.6 Å². The molecule has 1 saturated heterocycles. The van der Waals surface area contributed by atoms with Gasteiger partial charge in [-0.05, 0) is 43.5 Å². The van der Waals surface area contributed by atoms with Gasteiger partial charge < -0.3 is 14.2 Å². The number of benzene rings is 1. The fraction of sp³-hybridized carbons (Fsp3) is 0.368. The van der Waals surface area contributed by atoms with Crippen LogP contribution in [0.3, 0.4) is 0 Å². The Kier molecular flexibility index (Phi) is 4.99. The lowest BCUT2D eigenvalue weighted by atomic mass is 10.1. The quantitative estimate of drug-likeness (QED) is 0.820. The van der Waals surface area contributed by atoms with Gasteiger partial charge in [0.25, 0.3) is 0 Å². The Morgan fingerprint density at radius 2 is 2.04 bits per heavy atom. The van der Waals surface area contributed by atoms with E-state index in [2.05, 4.69) is 11.6 Å². The van der Waals surface area contributed by atoms with E-state index in [1.54, 1.807) is 12.4 Å². The van der Waals surface area contributed by atoms with Crippen LogP contribution in [0, 0.1) is 0 Å². The van der Waals surface area contributed by atoms with Gasteiger partial charge in [-0.3, -0.25) is 4.79 Å². The molecule has 1 aliphatic heterocycles. The third-order valence-corrected chi connectivity index (χ3v) is 4.29. The molecular weight excluding hydrogens is 302 g/mol. The Morgan fingerprint density at radius 3 is 2.62 bits per heavy atom. The maximum absolute atomic E-state index is 13.1. The molecule has 1 amide bonds. The molecule has 0 N–H and O–H groups in total. The van der Waals surface area contributed by atoms with E-state index in [1.807, 2.05) is 46.9 Å². The number of nitrogens with zero attached hydrogens (tertiary/aromatic N) is 3. The van der Waals surface area contributed by atoms with Gasteiger partial charge in [0.2, 0.25) is 5.91 Å². The number of carbonyl (C=O) groups excluding carboxylic acids is 1. The fourth-order valence-corrected chi connectivity index (χ4v) is 3.07. The number of likely N-dealkylation sites (tertiary alicyclic amines) is 1. The fourth-order valence-electron chi connectivity index (χ4n) is 3.07. The van der Waals surface area contributed by atoms with Crippen LogP contribution < -0.4 is 4.74 Å². The molecule has 0 saturated carbocycles. The van der Waals surface area contributed by atoms with Crippen molar-refractivity contribution >= 4 is 12.0 Å². The third-order valence-electron chi connectivity index (χ3n) is 4.29. The van der Waals surface area contributed by atoms with Crippen molar-refractivity contribution in [3.05, 3.63) is 54.6 Å². The van der Waals surface area contributed by atoms with Crippen LogP contribution in [0.15, 0.2) is 43.4 Å². The summed E-state index contributed by atoms with van der Waals surface area (Å²) in [6.45, 7) is 7.98. The van der Waals surface area contributed by atoms with Crippen molar-refractivity contribution in [3.63, 3.8) is 0 Å². The van der Waals surface area contributed by atoms with Gasteiger partial charge in [-0.2, -0.15) is 0 Å². The molecule has 0 aliphatic carbocycles. The van der Waals surface area contributed by atoms with Crippen molar-refractivity contribution in [2.75, 3.05) is 19.7 Å². The predicted octanol–water partition coefficient (Wildman–Crippen LogP) is 3.14. The summed E-state index contributed by atoms with van der Waals surface area (Å²) < 4.78 is 7.37. The number of rotatable bonds is 6. The molecule has 1 aliphatic rings. The van der Waals surface area contributed by atoms with Crippen LogP contribution in [0.1, 0.15) is 37.1 Å². The number of imidazole rings is 1. The van der Waals surface area contributed by atoms with Gasteiger partial charge in [-0.15, -0.1) is 0 Å². The lowest BCUT2D eigenvalue weighted by Crippen LogP contribution is -2.35. The number of hydrogen-bond acceptors (Lipinski definition) is 3.